The summed E-state index contributed by atoms with van der Waals surface area (Å²) in [5.74, 6) is 0. The molecule has 0 saturated heterocycles. The van der Waals surface area contributed by atoms with E-state index in [1.54, 1.807) is 18.2 Å². The van der Waals surface area contributed by atoms with E-state index in [0.29, 0.717) is 12.8 Å². The van der Waals surface area contributed by atoms with E-state index in [4.69, 9.17) is 0 Å². The van der Waals surface area contributed by atoms with Crippen LogP contribution in [0.3, 0.4) is 0 Å². The van der Waals surface area contributed by atoms with Crippen molar-refractivity contribution in [1.29, 1.82) is 0 Å². The summed E-state index contributed by atoms with van der Waals surface area (Å²) in [4.78, 5) is 0.228. The molecule has 0 aliphatic heterocycles. The molecule has 1 aromatic carbocycles. The van der Waals surface area contributed by atoms with Gasteiger partial charge in [0.15, 0.2) is 0 Å². The molecule has 1 aromatic rings. The van der Waals surface area contributed by atoms with Crippen molar-refractivity contribution < 1.29 is 13.5 Å². The number of hydrogen-bond acceptors (Lipinski definition) is 3. The fraction of sp³-hybridized carbons (Fsp3) is 0.500. The fourth-order valence-corrected chi connectivity index (χ4v) is 2.99. The number of hydrogen-bond donors (Lipinski definition) is 2. The molecule has 0 aliphatic carbocycles. The second-order valence-corrected chi connectivity index (χ2v) is 6.78. The Hall–Kier alpha value is -0.430. The molecular weight excluding hydrogens is 318 g/mol. The maximum absolute atomic E-state index is 12.0. The van der Waals surface area contributed by atoms with E-state index in [0.717, 1.165) is 10.0 Å². The van der Waals surface area contributed by atoms with Gasteiger partial charge in [0.25, 0.3) is 0 Å². The van der Waals surface area contributed by atoms with Crippen molar-refractivity contribution in [2.45, 2.75) is 37.7 Å². The standard InChI is InChI=1S/C12H18BrNO3S/c1-3-10(15)6-7-14-18(16,17)11-5-4-9(2)12(13)8-11/h4-5,8,10,14-15H,3,6-7H2,1-2H3. The van der Waals surface area contributed by atoms with Gasteiger partial charge in [0.2, 0.25) is 10.0 Å². The van der Waals surface area contributed by atoms with Gasteiger partial charge >= 0.3 is 0 Å². The van der Waals surface area contributed by atoms with Crippen LogP contribution in [0.2, 0.25) is 0 Å². The fourth-order valence-electron chi connectivity index (χ4n) is 1.39. The van der Waals surface area contributed by atoms with E-state index < -0.39 is 16.1 Å². The van der Waals surface area contributed by atoms with Crippen LogP contribution >= 0.6 is 15.9 Å². The molecule has 0 bridgehead atoms. The Morgan fingerprint density at radius 2 is 2.11 bits per heavy atom. The maximum Gasteiger partial charge on any atom is 0.240 e. The molecule has 0 radical (unpaired) electrons. The van der Waals surface area contributed by atoms with Crippen molar-refractivity contribution >= 4 is 26.0 Å². The van der Waals surface area contributed by atoms with E-state index in [1.165, 1.54) is 0 Å². The Balaban J connectivity index is 2.71. The van der Waals surface area contributed by atoms with Gasteiger partial charge in [-0.3, -0.25) is 0 Å². The molecule has 1 rings (SSSR count). The Kier molecular flexibility index (Phi) is 5.78. The summed E-state index contributed by atoms with van der Waals surface area (Å²) in [6.45, 7) is 3.99. The van der Waals surface area contributed by atoms with Crippen LogP contribution in [0.25, 0.3) is 0 Å². The van der Waals surface area contributed by atoms with Gasteiger partial charge in [0, 0.05) is 11.0 Å². The Morgan fingerprint density at radius 1 is 1.44 bits per heavy atom. The molecule has 1 unspecified atom stereocenters. The molecule has 2 N–H and O–H groups in total. The maximum atomic E-state index is 12.0. The first kappa shape index (κ1) is 15.6. The lowest BCUT2D eigenvalue weighted by Gasteiger charge is -2.10. The van der Waals surface area contributed by atoms with Crippen molar-refractivity contribution in [2.75, 3.05) is 6.54 Å². The molecule has 0 amide bonds. The number of aliphatic hydroxyl groups excluding tert-OH is 1. The zero-order valence-electron chi connectivity index (χ0n) is 10.5. The van der Waals surface area contributed by atoms with Gasteiger partial charge in [-0.15, -0.1) is 0 Å². The smallest absolute Gasteiger partial charge is 0.240 e. The lowest BCUT2D eigenvalue weighted by Crippen LogP contribution is -2.27. The van der Waals surface area contributed by atoms with E-state index in [1.807, 2.05) is 13.8 Å². The van der Waals surface area contributed by atoms with Gasteiger partial charge in [0.1, 0.15) is 0 Å². The van der Waals surface area contributed by atoms with Gasteiger partial charge in [-0.1, -0.05) is 28.9 Å². The lowest BCUT2D eigenvalue weighted by atomic mass is 10.2. The molecule has 0 aliphatic rings. The van der Waals surface area contributed by atoms with Crippen LogP contribution in [0.1, 0.15) is 25.3 Å². The highest BCUT2D eigenvalue weighted by atomic mass is 79.9. The zero-order valence-corrected chi connectivity index (χ0v) is 12.9. The lowest BCUT2D eigenvalue weighted by molar-refractivity contribution is 0.162. The Bertz CT molecular complexity index is 502. The third kappa shape index (κ3) is 4.35. The summed E-state index contributed by atoms with van der Waals surface area (Å²) in [6, 6.07) is 4.89. The highest BCUT2D eigenvalue weighted by Gasteiger charge is 2.14. The molecular formula is C12H18BrNO3S. The van der Waals surface area contributed by atoms with Crippen LogP contribution in [0.4, 0.5) is 0 Å². The van der Waals surface area contributed by atoms with Crippen LogP contribution < -0.4 is 4.72 Å². The number of halogens is 1. The molecule has 0 aromatic heterocycles. The topological polar surface area (TPSA) is 66.4 Å². The van der Waals surface area contributed by atoms with Crippen LogP contribution in [0, 0.1) is 6.92 Å². The van der Waals surface area contributed by atoms with Crippen molar-refractivity contribution in [3.63, 3.8) is 0 Å². The average Bonchev–Trinajstić information content (AvgIpc) is 2.32. The number of rotatable bonds is 6. The molecule has 0 fully saturated rings. The third-order valence-corrected chi connectivity index (χ3v) is 5.01. The quantitative estimate of drug-likeness (QED) is 0.837. The van der Waals surface area contributed by atoms with Crippen molar-refractivity contribution in [1.82, 2.24) is 4.72 Å². The summed E-state index contributed by atoms with van der Waals surface area (Å²) in [5.41, 5.74) is 0.982. The third-order valence-electron chi connectivity index (χ3n) is 2.69. The van der Waals surface area contributed by atoms with E-state index in [9.17, 15) is 13.5 Å². The van der Waals surface area contributed by atoms with Crippen LogP contribution in [-0.4, -0.2) is 26.2 Å². The van der Waals surface area contributed by atoms with Gasteiger partial charge in [-0.25, -0.2) is 13.1 Å². The molecule has 6 heteroatoms. The molecule has 4 nitrogen and oxygen atoms in total. The number of benzene rings is 1. The Morgan fingerprint density at radius 3 is 2.67 bits per heavy atom. The van der Waals surface area contributed by atoms with Crippen LogP contribution in [-0.2, 0) is 10.0 Å². The SMILES string of the molecule is CCC(O)CCNS(=O)(=O)c1ccc(C)c(Br)c1. The predicted molar refractivity (Wildman–Crippen MR) is 75.0 cm³/mol. The first-order chi connectivity index (χ1) is 8.36. The molecule has 0 heterocycles. The first-order valence-electron chi connectivity index (χ1n) is 5.80. The second kappa shape index (κ2) is 6.65. The monoisotopic (exact) mass is 335 g/mol. The van der Waals surface area contributed by atoms with Gasteiger partial charge in [-0.05, 0) is 37.5 Å². The minimum absolute atomic E-state index is 0.228. The number of sulfonamides is 1. The summed E-state index contributed by atoms with van der Waals surface area (Å²) in [5, 5.41) is 9.36. The molecule has 18 heavy (non-hydrogen) atoms. The average molecular weight is 336 g/mol. The molecule has 0 saturated carbocycles. The van der Waals surface area contributed by atoms with Crippen molar-refractivity contribution in [3.8, 4) is 0 Å². The second-order valence-electron chi connectivity index (χ2n) is 4.16. The van der Waals surface area contributed by atoms with Gasteiger partial charge in [0.05, 0.1) is 11.0 Å². The highest BCUT2D eigenvalue weighted by Crippen LogP contribution is 2.20. The normalized spacial score (nSPS) is 13.6. The first-order valence-corrected chi connectivity index (χ1v) is 8.08. The number of aliphatic hydroxyl groups is 1. The number of nitrogens with one attached hydrogen (secondary N) is 1. The Labute approximate surface area is 117 Å². The minimum atomic E-state index is -3.49. The highest BCUT2D eigenvalue weighted by molar-refractivity contribution is 9.10. The number of aryl methyl sites for hydroxylation is 1. The molecule has 102 valence electrons. The van der Waals surface area contributed by atoms with Crippen LogP contribution in [0.5, 0.6) is 0 Å². The predicted octanol–water partition coefficient (Wildman–Crippen LogP) is 2.20. The zero-order chi connectivity index (χ0) is 13.8. The van der Waals surface area contributed by atoms with Crippen molar-refractivity contribution in [2.24, 2.45) is 0 Å². The van der Waals surface area contributed by atoms with Crippen molar-refractivity contribution in [3.05, 3.63) is 28.2 Å². The minimum Gasteiger partial charge on any atom is -0.393 e. The van der Waals surface area contributed by atoms with E-state index >= 15 is 0 Å². The van der Waals surface area contributed by atoms with Crippen LogP contribution in [0.15, 0.2) is 27.6 Å². The summed E-state index contributed by atoms with van der Waals surface area (Å²) < 4.78 is 27.1. The molecule has 0 spiro atoms. The van der Waals surface area contributed by atoms with Gasteiger partial charge in [-0.2, -0.15) is 0 Å². The largest absolute Gasteiger partial charge is 0.393 e. The van der Waals surface area contributed by atoms with Gasteiger partial charge < -0.3 is 5.11 Å². The summed E-state index contributed by atoms with van der Waals surface area (Å²) >= 11 is 3.31. The summed E-state index contributed by atoms with van der Waals surface area (Å²) in [7, 11) is -3.49. The van der Waals surface area contributed by atoms with E-state index in [2.05, 4.69) is 20.7 Å². The molecule has 1 atom stereocenters. The van der Waals surface area contributed by atoms with E-state index in [-0.39, 0.29) is 11.4 Å². The summed E-state index contributed by atoms with van der Waals surface area (Å²) in [6.07, 6.45) is 0.582.